The fraction of sp³-hybridized carbons (Fsp3) is 0.407. The summed E-state index contributed by atoms with van der Waals surface area (Å²) in [7, 11) is 0. The Morgan fingerprint density at radius 3 is 2.76 bits per heavy atom. The number of halogens is 1. The summed E-state index contributed by atoms with van der Waals surface area (Å²) in [6, 6.07) is 5.32. The number of piperidine rings is 1. The Morgan fingerprint density at radius 1 is 1.29 bits per heavy atom. The highest BCUT2D eigenvalue weighted by Gasteiger charge is 2.32. The SMILES string of the molecule is Cc1c(/C(NC2CCN(C(=O)/C=C/CN3CCCC3)CC2)=C2/C(=N)C(=O)NN=C2N)oc2ccc(Cl)cc12. The third-order valence-corrected chi connectivity index (χ3v) is 7.60. The van der Waals surface area contributed by atoms with Gasteiger partial charge in [-0.1, -0.05) is 17.7 Å². The molecule has 4 heterocycles. The van der Waals surface area contributed by atoms with Gasteiger partial charge in [0.05, 0.1) is 11.3 Å². The van der Waals surface area contributed by atoms with Gasteiger partial charge in [0.15, 0.2) is 11.6 Å². The molecule has 5 N–H and O–H groups in total. The van der Waals surface area contributed by atoms with Crippen molar-refractivity contribution >= 4 is 51.6 Å². The van der Waals surface area contributed by atoms with Crippen molar-refractivity contribution in [1.82, 2.24) is 20.5 Å². The second-order valence-electron chi connectivity index (χ2n) is 9.91. The molecule has 5 rings (SSSR count). The van der Waals surface area contributed by atoms with Crippen LogP contribution in [0.5, 0.6) is 0 Å². The highest BCUT2D eigenvalue weighted by Crippen LogP contribution is 2.33. The Morgan fingerprint density at radius 2 is 2.03 bits per heavy atom. The zero-order valence-electron chi connectivity index (χ0n) is 21.3. The van der Waals surface area contributed by atoms with Crippen molar-refractivity contribution < 1.29 is 14.0 Å². The Labute approximate surface area is 226 Å². The second kappa shape index (κ2) is 11.0. The zero-order valence-corrected chi connectivity index (χ0v) is 22.1. The molecule has 1 aromatic carbocycles. The maximum absolute atomic E-state index is 12.7. The van der Waals surface area contributed by atoms with Crippen LogP contribution in [-0.4, -0.2) is 71.9 Å². The molecule has 0 unspecified atom stereocenters. The first-order valence-electron chi connectivity index (χ1n) is 12.9. The smallest absolute Gasteiger partial charge is 0.290 e. The number of amidine groups is 1. The number of furan rings is 1. The van der Waals surface area contributed by atoms with E-state index < -0.39 is 5.91 Å². The van der Waals surface area contributed by atoms with Gasteiger partial charge in [-0.3, -0.25) is 19.9 Å². The number of aryl methyl sites for hydroxylation is 1. The van der Waals surface area contributed by atoms with E-state index in [4.69, 9.17) is 27.2 Å². The number of hydrogen-bond donors (Lipinski definition) is 4. The monoisotopic (exact) mass is 537 g/mol. The lowest BCUT2D eigenvalue weighted by Crippen LogP contribution is -2.46. The minimum absolute atomic E-state index is 0.0192. The topological polar surface area (TPSA) is 140 Å². The van der Waals surface area contributed by atoms with Gasteiger partial charge < -0.3 is 20.4 Å². The number of hydrazone groups is 1. The number of rotatable bonds is 6. The third kappa shape index (κ3) is 5.32. The molecule has 1 aromatic heterocycles. The summed E-state index contributed by atoms with van der Waals surface area (Å²) in [4.78, 5) is 29.2. The number of carbonyl (C=O) groups excluding carboxylic acids is 2. The summed E-state index contributed by atoms with van der Waals surface area (Å²) in [5.74, 6) is -0.135. The van der Waals surface area contributed by atoms with Crippen LogP contribution in [0.2, 0.25) is 5.02 Å². The minimum Gasteiger partial charge on any atom is -0.454 e. The Bertz CT molecular complexity index is 1360. The van der Waals surface area contributed by atoms with Gasteiger partial charge >= 0.3 is 0 Å². The number of nitrogens with zero attached hydrogens (tertiary/aromatic N) is 3. The molecule has 11 heteroatoms. The number of nitrogens with two attached hydrogens (primary N) is 1. The van der Waals surface area contributed by atoms with Crippen molar-refractivity contribution in [3.8, 4) is 0 Å². The first kappa shape index (κ1) is 26.0. The molecule has 38 heavy (non-hydrogen) atoms. The number of carbonyl (C=O) groups is 2. The van der Waals surface area contributed by atoms with E-state index in [1.165, 1.54) is 12.8 Å². The summed E-state index contributed by atoms with van der Waals surface area (Å²) < 4.78 is 6.19. The van der Waals surface area contributed by atoms with Crippen molar-refractivity contribution in [2.24, 2.45) is 10.8 Å². The standard InChI is InChI=1S/C27H32ClN7O3/c1-16-19-15-17(28)6-7-20(19)38-25(16)24(22-23(29)27(37)33-32-26(22)30)31-18-8-13-35(14-9-18)21(36)5-4-12-34-10-2-3-11-34/h4-7,15,18,29,31H,2-3,8-14H2,1H3,(H2,30,32)(H,33,37)/b5-4+,24-22+,29-23?. The first-order valence-corrected chi connectivity index (χ1v) is 13.3. The Balaban J connectivity index is 1.36. The van der Waals surface area contributed by atoms with Gasteiger partial charge in [0.2, 0.25) is 5.91 Å². The van der Waals surface area contributed by atoms with Gasteiger partial charge in [-0.05, 0) is 63.9 Å². The molecule has 2 saturated heterocycles. The molecule has 2 fully saturated rings. The third-order valence-electron chi connectivity index (χ3n) is 7.36. The average molecular weight is 538 g/mol. The summed E-state index contributed by atoms with van der Waals surface area (Å²) >= 11 is 6.22. The van der Waals surface area contributed by atoms with Crippen molar-refractivity contribution in [2.45, 2.75) is 38.6 Å². The van der Waals surface area contributed by atoms with Crippen LogP contribution >= 0.6 is 11.6 Å². The molecule has 2 aromatic rings. The molecule has 3 aliphatic heterocycles. The average Bonchev–Trinajstić information content (AvgIpc) is 3.54. The van der Waals surface area contributed by atoms with E-state index in [0.29, 0.717) is 48.0 Å². The minimum atomic E-state index is -0.647. The maximum atomic E-state index is 12.7. The normalized spacial score (nSPS) is 20.8. The lowest BCUT2D eigenvalue weighted by molar-refractivity contribution is -0.127. The summed E-state index contributed by atoms with van der Waals surface area (Å²) in [6.45, 7) is 6.08. The van der Waals surface area contributed by atoms with Crippen LogP contribution in [0.3, 0.4) is 0 Å². The van der Waals surface area contributed by atoms with Gasteiger partial charge in [-0.15, -0.1) is 0 Å². The predicted octanol–water partition coefficient (Wildman–Crippen LogP) is 2.76. The van der Waals surface area contributed by atoms with Gasteiger partial charge in [0.1, 0.15) is 11.3 Å². The van der Waals surface area contributed by atoms with Crippen LogP contribution in [0, 0.1) is 12.3 Å². The number of hydrogen-bond acceptors (Lipinski definition) is 8. The number of fused-ring (bicyclic) bond motifs is 1. The largest absolute Gasteiger partial charge is 0.454 e. The molecule has 0 saturated carbocycles. The number of nitrogens with one attached hydrogen (secondary N) is 3. The van der Waals surface area contributed by atoms with Crippen LogP contribution in [0.1, 0.15) is 37.0 Å². The molecular formula is C27H32ClN7O3. The molecular weight excluding hydrogens is 506 g/mol. The predicted molar refractivity (Wildman–Crippen MR) is 148 cm³/mol. The van der Waals surface area contributed by atoms with Gasteiger partial charge in [-0.2, -0.15) is 5.10 Å². The van der Waals surface area contributed by atoms with Gasteiger partial charge in [0, 0.05) is 47.7 Å². The molecule has 2 amide bonds. The maximum Gasteiger partial charge on any atom is 0.290 e. The van der Waals surface area contributed by atoms with E-state index in [2.05, 4.69) is 20.7 Å². The molecule has 0 radical (unpaired) electrons. The Kier molecular flexibility index (Phi) is 7.53. The molecule has 0 aliphatic carbocycles. The van der Waals surface area contributed by atoms with E-state index in [1.807, 2.05) is 24.0 Å². The van der Waals surface area contributed by atoms with E-state index in [-0.39, 0.29) is 29.1 Å². The molecule has 10 nitrogen and oxygen atoms in total. The van der Waals surface area contributed by atoms with Crippen molar-refractivity contribution in [3.05, 3.63) is 52.3 Å². The molecule has 0 spiro atoms. The summed E-state index contributed by atoms with van der Waals surface area (Å²) in [6.07, 6.45) is 7.46. The molecule has 0 atom stereocenters. The molecule has 0 bridgehead atoms. The van der Waals surface area contributed by atoms with Crippen LogP contribution in [-0.2, 0) is 9.59 Å². The zero-order chi connectivity index (χ0) is 26.8. The highest BCUT2D eigenvalue weighted by atomic mass is 35.5. The van der Waals surface area contributed by atoms with Crippen molar-refractivity contribution in [3.63, 3.8) is 0 Å². The fourth-order valence-electron chi connectivity index (χ4n) is 5.22. The van der Waals surface area contributed by atoms with Gasteiger partial charge in [-0.25, -0.2) is 5.43 Å². The first-order chi connectivity index (χ1) is 18.3. The highest BCUT2D eigenvalue weighted by molar-refractivity contribution is 6.53. The van der Waals surface area contributed by atoms with E-state index in [1.54, 1.807) is 18.2 Å². The second-order valence-corrected chi connectivity index (χ2v) is 10.4. The van der Waals surface area contributed by atoms with Crippen LogP contribution in [0.4, 0.5) is 0 Å². The number of benzene rings is 1. The quantitative estimate of drug-likeness (QED) is 0.418. The van der Waals surface area contributed by atoms with E-state index in [0.717, 1.165) is 30.6 Å². The molecule has 200 valence electrons. The van der Waals surface area contributed by atoms with Crippen LogP contribution < -0.4 is 16.5 Å². The number of likely N-dealkylation sites (tertiary alicyclic amines) is 2. The summed E-state index contributed by atoms with van der Waals surface area (Å²) in [5, 5.41) is 17.2. The van der Waals surface area contributed by atoms with Gasteiger partial charge in [0.25, 0.3) is 5.91 Å². The van der Waals surface area contributed by atoms with E-state index >= 15 is 0 Å². The lowest BCUT2D eigenvalue weighted by atomic mass is 9.98. The lowest BCUT2D eigenvalue weighted by Gasteiger charge is -2.33. The number of amides is 2. The molecule has 3 aliphatic rings. The van der Waals surface area contributed by atoms with Crippen LogP contribution in [0.15, 0.2) is 45.4 Å². The fourth-order valence-corrected chi connectivity index (χ4v) is 5.39. The Hall–Kier alpha value is -3.63. The van der Waals surface area contributed by atoms with Crippen molar-refractivity contribution in [1.29, 1.82) is 5.41 Å². The van der Waals surface area contributed by atoms with Crippen molar-refractivity contribution in [2.75, 3.05) is 32.7 Å². The summed E-state index contributed by atoms with van der Waals surface area (Å²) in [5.41, 5.74) is 10.2. The van der Waals surface area contributed by atoms with Crippen LogP contribution in [0.25, 0.3) is 16.7 Å². The van der Waals surface area contributed by atoms with E-state index in [9.17, 15) is 9.59 Å².